The van der Waals surface area contributed by atoms with Crippen molar-refractivity contribution in [2.24, 2.45) is 0 Å². The summed E-state index contributed by atoms with van der Waals surface area (Å²) in [5.41, 5.74) is 4.20. The maximum atomic E-state index is 13.2. The molecule has 192 valence electrons. The second-order valence-corrected chi connectivity index (χ2v) is 10.6. The van der Waals surface area contributed by atoms with Crippen molar-refractivity contribution in [2.45, 2.75) is 63.9 Å². The number of esters is 1. The molecule has 0 fully saturated rings. The lowest BCUT2D eigenvalue weighted by Crippen LogP contribution is -2.15. The zero-order chi connectivity index (χ0) is 26.0. The Kier molecular flexibility index (Phi) is 9.94. The number of hydrogen-bond donors (Lipinski definition) is 1. The number of carbonyl (C=O) groups is 1. The van der Waals surface area contributed by atoms with Gasteiger partial charge in [0.15, 0.2) is 0 Å². The number of aryl methyl sites for hydroxylation is 3. The molecule has 0 unspecified atom stereocenters. The SMILES string of the molecule is COC(=O)CCCCCCc1cccc(S(=O)(=O)Nc2c(C)cc(OCc3ccccc3)cc2C)c1. The van der Waals surface area contributed by atoms with Crippen molar-refractivity contribution in [1.29, 1.82) is 0 Å². The van der Waals surface area contributed by atoms with E-state index >= 15 is 0 Å². The molecule has 6 nitrogen and oxygen atoms in total. The second-order valence-electron chi connectivity index (χ2n) is 8.95. The lowest BCUT2D eigenvalue weighted by molar-refractivity contribution is -0.140. The zero-order valence-corrected chi connectivity index (χ0v) is 22.1. The Morgan fingerprint density at radius 3 is 2.19 bits per heavy atom. The monoisotopic (exact) mass is 509 g/mol. The lowest BCUT2D eigenvalue weighted by Gasteiger charge is -2.16. The maximum Gasteiger partial charge on any atom is 0.305 e. The normalized spacial score (nSPS) is 11.2. The fourth-order valence-electron chi connectivity index (χ4n) is 4.02. The molecular formula is C29H35NO5S. The van der Waals surface area contributed by atoms with E-state index in [-0.39, 0.29) is 10.9 Å². The molecule has 1 N–H and O–H groups in total. The summed E-state index contributed by atoms with van der Waals surface area (Å²) in [6, 6.07) is 20.7. The Balaban J connectivity index is 1.60. The topological polar surface area (TPSA) is 81.7 Å². The molecule has 0 aromatic heterocycles. The lowest BCUT2D eigenvalue weighted by atomic mass is 10.1. The average Bonchev–Trinajstić information content (AvgIpc) is 2.87. The highest BCUT2D eigenvalue weighted by atomic mass is 32.2. The second kappa shape index (κ2) is 13.1. The van der Waals surface area contributed by atoms with Crippen LogP contribution in [-0.2, 0) is 32.6 Å². The van der Waals surface area contributed by atoms with Crippen molar-refractivity contribution >= 4 is 21.7 Å². The number of sulfonamides is 1. The standard InChI is InChI=1S/C29H35NO5S/c1-22-18-26(35-21-25-13-8-6-9-14-25)19-23(2)29(22)30-36(32,33)27-16-11-15-24(20-27)12-7-4-5-10-17-28(31)34-3/h6,8-9,11,13-16,18-20,30H,4-5,7,10,12,17,21H2,1-3H3. The molecule has 0 saturated heterocycles. The van der Waals surface area contributed by atoms with Crippen LogP contribution in [-0.4, -0.2) is 21.5 Å². The minimum absolute atomic E-state index is 0.180. The number of rotatable bonds is 13. The number of nitrogens with one attached hydrogen (secondary N) is 1. The summed E-state index contributed by atoms with van der Waals surface area (Å²) in [5.74, 6) is 0.519. The molecule has 3 aromatic carbocycles. The number of unbranched alkanes of at least 4 members (excludes halogenated alkanes) is 3. The molecule has 0 saturated carbocycles. The number of carbonyl (C=O) groups excluding carboxylic acids is 1. The minimum Gasteiger partial charge on any atom is -0.489 e. The molecule has 0 aliphatic rings. The predicted octanol–water partition coefficient (Wildman–Crippen LogP) is 6.35. The molecule has 0 spiro atoms. The number of benzene rings is 3. The third kappa shape index (κ3) is 8.12. The summed E-state index contributed by atoms with van der Waals surface area (Å²) in [6.07, 6.45) is 4.88. The van der Waals surface area contributed by atoms with E-state index in [9.17, 15) is 13.2 Å². The van der Waals surface area contributed by atoms with Crippen molar-refractivity contribution < 1.29 is 22.7 Å². The van der Waals surface area contributed by atoms with E-state index in [1.165, 1.54) is 7.11 Å². The highest BCUT2D eigenvalue weighted by Gasteiger charge is 2.18. The molecule has 36 heavy (non-hydrogen) atoms. The molecule has 0 heterocycles. The predicted molar refractivity (Wildman–Crippen MR) is 143 cm³/mol. The van der Waals surface area contributed by atoms with Crippen LogP contribution < -0.4 is 9.46 Å². The van der Waals surface area contributed by atoms with Gasteiger partial charge < -0.3 is 9.47 Å². The fraction of sp³-hybridized carbons (Fsp3) is 0.345. The van der Waals surface area contributed by atoms with Gasteiger partial charge in [-0.25, -0.2) is 8.42 Å². The van der Waals surface area contributed by atoms with Crippen LogP contribution in [0.3, 0.4) is 0 Å². The van der Waals surface area contributed by atoms with Gasteiger partial charge in [-0.3, -0.25) is 9.52 Å². The number of anilines is 1. The third-order valence-electron chi connectivity index (χ3n) is 6.02. The summed E-state index contributed by atoms with van der Waals surface area (Å²) in [6.45, 7) is 4.19. The Morgan fingerprint density at radius 2 is 1.50 bits per heavy atom. The Labute approximate surface area is 214 Å². The van der Waals surface area contributed by atoms with Gasteiger partial charge in [0.05, 0.1) is 17.7 Å². The first kappa shape index (κ1) is 27.3. The van der Waals surface area contributed by atoms with Crippen LogP contribution in [0.25, 0.3) is 0 Å². The Bertz CT molecular complexity index is 1230. The molecule has 0 aliphatic heterocycles. The van der Waals surface area contributed by atoms with Crippen molar-refractivity contribution in [3.63, 3.8) is 0 Å². The van der Waals surface area contributed by atoms with Gasteiger partial charge in [-0.05, 0) is 79.6 Å². The van der Waals surface area contributed by atoms with Crippen LogP contribution >= 0.6 is 0 Å². The van der Waals surface area contributed by atoms with Crippen LogP contribution in [0.1, 0.15) is 54.4 Å². The van der Waals surface area contributed by atoms with Crippen molar-refractivity contribution in [3.8, 4) is 5.75 Å². The van der Waals surface area contributed by atoms with Gasteiger partial charge in [-0.1, -0.05) is 55.3 Å². The molecule has 3 rings (SSSR count). The fourth-order valence-corrected chi connectivity index (χ4v) is 5.30. The van der Waals surface area contributed by atoms with Crippen LogP contribution in [0, 0.1) is 13.8 Å². The van der Waals surface area contributed by atoms with Crippen LogP contribution in [0.15, 0.2) is 71.6 Å². The van der Waals surface area contributed by atoms with Crippen LogP contribution in [0.4, 0.5) is 5.69 Å². The van der Waals surface area contributed by atoms with Crippen molar-refractivity contribution in [2.75, 3.05) is 11.8 Å². The summed E-state index contributed by atoms with van der Waals surface area (Å²) < 4.78 is 39.7. The van der Waals surface area contributed by atoms with Gasteiger partial charge in [0.25, 0.3) is 10.0 Å². The Hall–Kier alpha value is -3.32. The molecular weight excluding hydrogens is 474 g/mol. The molecule has 0 aliphatic carbocycles. The molecule has 0 bridgehead atoms. The Morgan fingerprint density at radius 1 is 0.833 bits per heavy atom. The third-order valence-corrected chi connectivity index (χ3v) is 7.37. The van der Waals surface area contributed by atoms with E-state index in [4.69, 9.17) is 4.74 Å². The quantitative estimate of drug-likeness (QED) is 0.214. The number of methoxy groups -OCH3 is 1. The highest BCUT2D eigenvalue weighted by molar-refractivity contribution is 7.92. The van der Waals surface area contributed by atoms with E-state index in [0.29, 0.717) is 24.5 Å². The summed E-state index contributed by atoms with van der Waals surface area (Å²) >= 11 is 0. The van der Waals surface area contributed by atoms with Gasteiger partial charge >= 0.3 is 5.97 Å². The zero-order valence-electron chi connectivity index (χ0n) is 21.3. The van der Waals surface area contributed by atoms with E-state index in [2.05, 4.69) is 9.46 Å². The molecule has 0 amide bonds. The molecule has 0 atom stereocenters. The molecule has 0 radical (unpaired) electrons. The maximum absolute atomic E-state index is 13.2. The first-order valence-electron chi connectivity index (χ1n) is 12.2. The van der Waals surface area contributed by atoms with E-state index in [1.54, 1.807) is 18.2 Å². The highest BCUT2D eigenvalue weighted by Crippen LogP contribution is 2.29. The largest absolute Gasteiger partial charge is 0.489 e. The first-order valence-corrected chi connectivity index (χ1v) is 13.7. The van der Waals surface area contributed by atoms with E-state index in [0.717, 1.165) is 54.4 Å². The molecule has 3 aromatic rings. The van der Waals surface area contributed by atoms with Gasteiger partial charge in [0.1, 0.15) is 12.4 Å². The van der Waals surface area contributed by atoms with E-state index < -0.39 is 10.0 Å². The first-order chi connectivity index (χ1) is 17.3. The van der Waals surface area contributed by atoms with Crippen LogP contribution in [0.2, 0.25) is 0 Å². The van der Waals surface area contributed by atoms with Crippen molar-refractivity contribution in [3.05, 3.63) is 89.0 Å². The van der Waals surface area contributed by atoms with Crippen molar-refractivity contribution in [1.82, 2.24) is 0 Å². The van der Waals surface area contributed by atoms with Gasteiger partial charge in [-0.2, -0.15) is 0 Å². The van der Waals surface area contributed by atoms with Crippen LogP contribution in [0.5, 0.6) is 5.75 Å². The smallest absolute Gasteiger partial charge is 0.305 e. The summed E-state index contributed by atoms with van der Waals surface area (Å²) in [5, 5.41) is 0. The molecule has 7 heteroatoms. The average molecular weight is 510 g/mol. The summed E-state index contributed by atoms with van der Waals surface area (Å²) in [4.78, 5) is 11.4. The van der Waals surface area contributed by atoms with Gasteiger partial charge in [0, 0.05) is 6.42 Å². The van der Waals surface area contributed by atoms with Gasteiger partial charge in [0.2, 0.25) is 0 Å². The number of ether oxygens (including phenoxy) is 2. The van der Waals surface area contributed by atoms with Gasteiger partial charge in [-0.15, -0.1) is 0 Å². The van der Waals surface area contributed by atoms with E-state index in [1.807, 2.05) is 62.4 Å². The summed E-state index contributed by atoms with van der Waals surface area (Å²) in [7, 11) is -2.34. The minimum atomic E-state index is -3.74. The number of hydrogen-bond acceptors (Lipinski definition) is 5.